The average molecular weight is 244 g/mol. The second-order valence-corrected chi connectivity index (χ2v) is 4.10. The van der Waals surface area contributed by atoms with Crippen LogP contribution in [0.5, 0.6) is 17.2 Å². The maximum Gasteiger partial charge on any atom is 0.123 e. The first-order chi connectivity index (χ1) is 8.63. The Morgan fingerprint density at radius 2 is 1.44 bits per heavy atom. The molecule has 0 bridgehead atoms. The number of phenols is 1. The van der Waals surface area contributed by atoms with E-state index >= 15 is 0 Å². The molecule has 3 nitrogen and oxygen atoms in total. The van der Waals surface area contributed by atoms with Crippen molar-refractivity contribution in [3.05, 3.63) is 42.0 Å². The van der Waals surface area contributed by atoms with E-state index in [4.69, 9.17) is 9.47 Å². The first kappa shape index (κ1) is 12.3. The third-order valence-corrected chi connectivity index (χ3v) is 2.89. The van der Waals surface area contributed by atoms with Gasteiger partial charge >= 0.3 is 0 Å². The van der Waals surface area contributed by atoms with Gasteiger partial charge in [0.25, 0.3) is 0 Å². The summed E-state index contributed by atoms with van der Waals surface area (Å²) in [6.07, 6.45) is 0. The standard InChI is InChI=1S/C15H16O3/c1-10-4-5-11(8-15(10)16)12-6-13(17-2)9-14(7-12)18-3/h4-9,16H,1-3H3. The summed E-state index contributed by atoms with van der Waals surface area (Å²) in [6, 6.07) is 11.2. The molecule has 0 saturated carbocycles. The number of phenolic OH excluding ortho intramolecular Hbond substituents is 1. The van der Waals surface area contributed by atoms with E-state index in [2.05, 4.69) is 0 Å². The summed E-state index contributed by atoms with van der Waals surface area (Å²) in [7, 11) is 3.23. The van der Waals surface area contributed by atoms with Crippen LogP contribution in [0.15, 0.2) is 36.4 Å². The summed E-state index contributed by atoms with van der Waals surface area (Å²) in [5, 5.41) is 9.75. The predicted octanol–water partition coefficient (Wildman–Crippen LogP) is 3.38. The molecule has 2 aromatic rings. The summed E-state index contributed by atoms with van der Waals surface area (Å²) in [6.45, 7) is 1.87. The van der Waals surface area contributed by atoms with Crippen molar-refractivity contribution >= 4 is 0 Å². The zero-order chi connectivity index (χ0) is 13.1. The normalized spacial score (nSPS) is 10.2. The lowest BCUT2D eigenvalue weighted by atomic mass is 10.0. The number of aryl methyl sites for hydroxylation is 1. The molecule has 0 spiro atoms. The number of hydrogen-bond donors (Lipinski definition) is 1. The van der Waals surface area contributed by atoms with Crippen LogP contribution in [0, 0.1) is 6.92 Å². The van der Waals surface area contributed by atoms with Gasteiger partial charge in [0.1, 0.15) is 17.2 Å². The molecule has 0 aliphatic rings. The number of hydrogen-bond acceptors (Lipinski definition) is 3. The number of rotatable bonds is 3. The molecule has 0 atom stereocenters. The van der Waals surface area contributed by atoms with E-state index in [9.17, 15) is 5.11 Å². The van der Waals surface area contributed by atoms with Gasteiger partial charge in [-0.05, 0) is 41.8 Å². The van der Waals surface area contributed by atoms with Gasteiger partial charge in [0, 0.05) is 6.07 Å². The van der Waals surface area contributed by atoms with Crippen LogP contribution >= 0.6 is 0 Å². The van der Waals surface area contributed by atoms with Crippen LogP contribution < -0.4 is 9.47 Å². The Morgan fingerprint density at radius 1 is 0.833 bits per heavy atom. The molecule has 3 heteroatoms. The third-order valence-electron chi connectivity index (χ3n) is 2.89. The molecule has 0 radical (unpaired) electrons. The van der Waals surface area contributed by atoms with E-state index in [1.54, 1.807) is 20.3 Å². The summed E-state index contributed by atoms with van der Waals surface area (Å²) < 4.78 is 10.5. The summed E-state index contributed by atoms with van der Waals surface area (Å²) in [5.74, 6) is 1.74. The molecule has 0 unspecified atom stereocenters. The molecule has 0 amide bonds. The van der Waals surface area contributed by atoms with E-state index in [0.717, 1.165) is 28.2 Å². The molecular weight excluding hydrogens is 228 g/mol. The highest BCUT2D eigenvalue weighted by molar-refractivity contribution is 5.69. The summed E-state index contributed by atoms with van der Waals surface area (Å²) in [4.78, 5) is 0. The largest absolute Gasteiger partial charge is 0.508 e. The van der Waals surface area contributed by atoms with Crippen LogP contribution in [0.2, 0.25) is 0 Å². The van der Waals surface area contributed by atoms with Gasteiger partial charge in [0.15, 0.2) is 0 Å². The van der Waals surface area contributed by atoms with Crippen LogP contribution in [-0.4, -0.2) is 19.3 Å². The third kappa shape index (κ3) is 2.40. The second-order valence-electron chi connectivity index (χ2n) is 4.10. The minimum atomic E-state index is 0.286. The molecule has 0 heterocycles. The van der Waals surface area contributed by atoms with Crippen molar-refractivity contribution in [3.8, 4) is 28.4 Å². The van der Waals surface area contributed by atoms with Crippen LogP contribution in [-0.2, 0) is 0 Å². The fourth-order valence-electron chi connectivity index (χ4n) is 1.76. The van der Waals surface area contributed by atoms with Crippen molar-refractivity contribution in [1.82, 2.24) is 0 Å². The highest BCUT2D eigenvalue weighted by atomic mass is 16.5. The van der Waals surface area contributed by atoms with Crippen LogP contribution in [0.25, 0.3) is 11.1 Å². The van der Waals surface area contributed by atoms with Crippen molar-refractivity contribution in [2.45, 2.75) is 6.92 Å². The monoisotopic (exact) mass is 244 g/mol. The first-order valence-electron chi connectivity index (χ1n) is 5.67. The molecule has 0 fully saturated rings. The molecule has 0 aromatic heterocycles. The molecule has 0 aliphatic heterocycles. The van der Waals surface area contributed by atoms with Gasteiger partial charge < -0.3 is 14.6 Å². The predicted molar refractivity (Wildman–Crippen MR) is 71.4 cm³/mol. The van der Waals surface area contributed by atoms with Crippen molar-refractivity contribution < 1.29 is 14.6 Å². The molecule has 0 saturated heterocycles. The summed E-state index contributed by atoms with van der Waals surface area (Å²) >= 11 is 0. The Morgan fingerprint density at radius 3 is 1.94 bits per heavy atom. The molecule has 2 aromatic carbocycles. The number of ether oxygens (including phenoxy) is 2. The van der Waals surface area contributed by atoms with E-state index in [1.165, 1.54) is 0 Å². The van der Waals surface area contributed by atoms with Gasteiger partial charge in [-0.15, -0.1) is 0 Å². The van der Waals surface area contributed by atoms with Gasteiger partial charge in [-0.25, -0.2) is 0 Å². The van der Waals surface area contributed by atoms with Crippen molar-refractivity contribution in [3.63, 3.8) is 0 Å². The maximum absolute atomic E-state index is 9.75. The molecule has 18 heavy (non-hydrogen) atoms. The Balaban J connectivity index is 2.51. The fourth-order valence-corrected chi connectivity index (χ4v) is 1.76. The van der Waals surface area contributed by atoms with E-state index in [-0.39, 0.29) is 5.75 Å². The minimum absolute atomic E-state index is 0.286. The Kier molecular flexibility index (Phi) is 3.42. The van der Waals surface area contributed by atoms with Crippen molar-refractivity contribution in [1.29, 1.82) is 0 Å². The van der Waals surface area contributed by atoms with E-state index in [0.29, 0.717) is 0 Å². The van der Waals surface area contributed by atoms with Gasteiger partial charge in [-0.2, -0.15) is 0 Å². The highest BCUT2D eigenvalue weighted by Gasteiger charge is 2.06. The average Bonchev–Trinajstić information content (AvgIpc) is 2.41. The van der Waals surface area contributed by atoms with Crippen LogP contribution in [0.1, 0.15) is 5.56 Å². The topological polar surface area (TPSA) is 38.7 Å². The zero-order valence-corrected chi connectivity index (χ0v) is 10.7. The molecule has 2 rings (SSSR count). The molecule has 1 N–H and O–H groups in total. The SMILES string of the molecule is COc1cc(OC)cc(-c2ccc(C)c(O)c2)c1. The lowest BCUT2D eigenvalue weighted by Crippen LogP contribution is -1.89. The first-order valence-corrected chi connectivity index (χ1v) is 5.67. The van der Waals surface area contributed by atoms with Crippen LogP contribution in [0.4, 0.5) is 0 Å². The van der Waals surface area contributed by atoms with Gasteiger partial charge in [-0.1, -0.05) is 12.1 Å². The second kappa shape index (κ2) is 5.00. The van der Waals surface area contributed by atoms with Gasteiger partial charge in [0.2, 0.25) is 0 Å². The quantitative estimate of drug-likeness (QED) is 0.899. The van der Waals surface area contributed by atoms with Crippen LogP contribution in [0.3, 0.4) is 0 Å². The zero-order valence-electron chi connectivity index (χ0n) is 10.7. The van der Waals surface area contributed by atoms with Crippen molar-refractivity contribution in [2.75, 3.05) is 14.2 Å². The Hall–Kier alpha value is -2.16. The Labute approximate surface area is 107 Å². The Bertz CT molecular complexity index is 539. The van der Waals surface area contributed by atoms with Gasteiger partial charge in [-0.3, -0.25) is 0 Å². The van der Waals surface area contributed by atoms with E-state index < -0.39 is 0 Å². The smallest absolute Gasteiger partial charge is 0.123 e. The maximum atomic E-state index is 9.75. The fraction of sp³-hybridized carbons (Fsp3) is 0.200. The number of aromatic hydroxyl groups is 1. The molecular formula is C15H16O3. The van der Waals surface area contributed by atoms with E-state index in [1.807, 2.05) is 37.3 Å². The number of benzene rings is 2. The number of methoxy groups -OCH3 is 2. The molecule has 0 aliphatic carbocycles. The lowest BCUT2D eigenvalue weighted by molar-refractivity contribution is 0.394. The summed E-state index contributed by atoms with van der Waals surface area (Å²) in [5.41, 5.74) is 2.73. The van der Waals surface area contributed by atoms with Gasteiger partial charge in [0.05, 0.1) is 14.2 Å². The van der Waals surface area contributed by atoms with Crippen molar-refractivity contribution in [2.24, 2.45) is 0 Å². The lowest BCUT2D eigenvalue weighted by Gasteiger charge is -2.09. The highest BCUT2D eigenvalue weighted by Crippen LogP contribution is 2.32. The minimum Gasteiger partial charge on any atom is -0.508 e. The molecule has 94 valence electrons.